The minimum Gasteiger partial charge on any atom is -0.439 e. The fourth-order valence-corrected chi connectivity index (χ4v) is 2.78. The predicted octanol–water partition coefficient (Wildman–Crippen LogP) is 3.25. The van der Waals surface area contributed by atoms with Gasteiger partial charge in [0.25, 0.3) is 0 Å². The van der Waals surface area contributed by atoms with E-state index in [0.717, 1.165) is 36.8 Å². The second kappa shape index (κ2) is 5.59. The third-order valence-corrected chi connectivity index (χ3v) is 4.13. The van der Waals surface area contributed by atoms with Crippen molar-refractivity contribution in [2.45, 2.75) is 12.6 Å². The van der Waals surface area contributed by atoms with Gasteiger partial charge in [0.1, 0.15) is 0 Å². The van der Waals surface area contributed by atoms with E-state index >= 15 is 0 Å². The number of aromatic nitrogens is 3. The summed E-state index contributed by atoms with van der Waals surface area (Å²) in [7, 11) is 0. The first-order valence-electron chi connectivity index (χ1n) is 7.20. The highest BCUT2D eigenvalue weighted by Gasteiger charge is 2.29. The number of hydrogen-bond acceptors (Lipinski definition) is 4. The lowest BCUT2D eigenvalue weighted by Crippen LogP contribution is -2.47. The molecule has 4 rings (SSSR count). The van der Waals surface area contributed by atoms with Gasteiger partial charge in [0.05, 0.1) is 18.8 Å². The second-order valence-corrected chi connectivity index (χ2v) is 5.90. The SMILES string of the molecule is Clc1ccc(-c2cnc(CN3CC(n4cccn4)C3)o2)cc1. The smallest absolute Gasteiger partial charge is 0.209 e. The van der Waals surface area contributed by atoms with Gasteiger partial charge >= 0.3 is 0 Å². The average Bonchev–Trinajstić information content (AvgIpc) is 3.15. The Hall–Kier alpha value is -2.11. The number of benzene rings is 1. The summed E-state index contributed by atoms with van der Waals surface area (Å²) in [5.74, 6) is 1.51. The molecule has 2 aromatic heterocycles. The van der Waals surface area contributed by atoms with E-state index in [0.29, 0.717) is 11.1 Å². The Balaban J connectivity index is 1.38. The molecule has 0 bridgehead atoms. The van der Waals surface area contributed by atoms with Crippen LogP contribution in [0.4, 0.5) is 0 Å². The van der Waals surface area contributed by atoms with Gasteiger partial charge in [0.15, 0.2) is 5.76 Å². The first kappa shape index (κ1) is 13.5. The van der Waals surface area contributed by atoms with Crippen LogP contribution in [-0.2, 0) is 6.54 Å². The molecular formula is C16H15ClN4O. The molecule has 22 heavy (non-hydrogen) atoms. The van der Waals surface area contributed by atoms with E-state index < -0.39 is 0 Å². The van der Waals surface area contributed by atoms with Crippen LogP contribution in [0.15, 0.2) is 53.3 Å². The highest BCUT2D eigenvalue weighted by atomic mass is 35.5. The van der Waals surface area contributed by atoms with Gasteiger partial charge in [-0.05, 0) is 30.3 Å². The second-order valence-electron chi connectivity index (χ2n) is 5.46. The van der Waals surface area contributed by atoms with E-state index in [1.807, 2.05) is 47.4 Å². The quantitative estimate of drug-likeness (QED) is 0.741. The van der Waals surface area contributed by atoms with Crippen LogP contribution in [0.3, 0.4) is 0 Å². The molecule has 0 atom stereocenters. The summed E-state index contributed by atoms with van der Waals surface area (Å²) >= 11 is 5.90. The number of hydrogen-bond donors (Lipinski definition) is 0. The van der Waals surface area contributed by atoms with Crippen molar-refractivity contribution in [1.29, 1.82) is 0 Å². The van der Waals surface area contributed by atoms with Crippen molar-refractivity contribution in [1.82, 2.24) is 19.7 Å². The lowest BCUT2D eigenvalue weighted by atomic mass is 10.1. The van der Waals surface area contributed by atoms with Crippen molar-refractivity contribution in [2.75, 3.05) is 13.1 Å². The number of halogens is 1. The normalized spacial score (nSPS) is 15.9. The molecule has 0 spiro atoms. The summed E-state index contributed by atoms with van der Waals surface area (Å²) in [5.41, 5.74) is 0.987. The molecule has 0 N–H and O–H groups in total. The molecule has 3 aromatic rings. The van der Waals surface area contributed by atoms with Crippen molar-refractivity contribution >= 4 is 11.6 Å². The maximum atomic E-state index is 5.90. The van der Waals surface area contributed by atoms with E-state index in [1.165, 1.54) is 0 Å². The molecular weight excluding hydrogens is 300 g/mol. The molecule has 1 saturated heterocycles. The van der Waals surface area contributed by atoms with Crippen LogP contribution >= 0.6 is 11.6 Å². The molecule has 0 unspecified atom stereocenters. The largest absolute Gasteiger partial charge is 0.439 e. The Labute approximate surface area is 133 Å². The molecule has 6 heteroatoms. The lowest BCUT2D eigenvalue weighted by molar-refractivity contribution is 0.0818. The molecule has 1 aromatic carbocycles. The van der Waals surface area contributed by atoms with Gasteiger partial charge in [-0.25, -0.2) is 4.98 Å². The third kappa shape index (κ3) is 2.65. The lowest BCUT2D eigenvalue weighted by Gasteiger charge is -2.38. The van der Waals surface area contributed by atoms with Crippen LogP contribution in [0.1, 0.15) is 11.9 Å². The zero-order chi connectivity index (χ0) is 14.9. The minimum atomic E-state index is 0.459. The molecule has 0 radical (unpaired) electrons. The van der Waals surface area contributed by atoms with Crippen molar-refractivity contribution < 1.29 is 4.42 Å². The summed E-state index contributed by atoms with van der Waals surface area (Å²) in [6.07, 6.45) is 5.59. The van der Waals surface area contributed by atoms with Gasteiger partial charge in [-0.1, -0.05) is 11.6 Å². The van der Waals surface area contributed by atoms with Gasteiger partial charge in [-0.15, -0.1) is 0 Å². The minimum absolute atomic E-state index is 0.459. The number of likely N-dealkylation sites (tertiary alicyclic amines) is 1. The van der Waals surface area contributed by atoms with Crippen molar-refractivity contribution in [3.8, 4) is 11.3 Å². The highest BCUT2D eigenvalue weighted by Crippen LogP contribution is 2.25. The molecule has 1 aliphatic rings. The Kier molecular flexibility index (Phi) is 3.44. The Morgan fingerprint density at radius 1 is 1.23 bits per heavy atom. The average molecular weight is 315 g/mol. The summed E-state index contributed by atoms with van der Waals surface area (Å²) < 4.78 is 7.83. The molecule has 1 aliphatic heterocycles. The van der Waals surface area contributed by atoms with E-state index in [4.69, 9.17) is 16.0 Å². The van der Waals surface area contributed by atoms with Crippen LogP contribution in [-0.4, -0.2) is 32.8 Å². The van der Waals surface area contributed by atoms with E-state index in [2.05, 4.69) is 15.0 Å². The molecule has 1 fully saturated rings. The van der Waals surface area contributed by atoms with Crippen LogP contribution < -0.4 is 0 Å². The Morgan fingerprint density at radius 3 is 2.77 bits per heavy atom. The zero-order valence-electron chi connectivity index (χ0n) is 11.9. The summed E-state index contributed by atoms with van der Waals surface area (Å²) in [5, 5.41) is 4.99. The molecule has 0 amide bonds. The van der Waals surface area contributed by atoms with Gasteiger partial charge in [-0.2, -0.15) is 5.10 Å². The van der Waals surface area contributed by atoms with Crippen molar-refractivity contribution in [3.05, 3.63) is 59.8 Å². The fourth-order valence-electron chi connectivity index (χ4n) is 2.66. The number of oxazole rings is 1. The standard InChI is InChI=1S/C16H15ClN4O/c17-13-4-2-12(3-5-13)15-8-18-16(22-15)11-20-9-14(10-20)21-7-1-6-19-21/h1-8,14H,9-11H2. The Bertz CT molecular complexity index is 745. The first-order chi connectivity index (χ1) is 10.8. The Morgan fingerprint density at radius 2 is 2.05 bits per heavy atom. The maximum absolute atomic E-state index is 5.90. The van der Waals surface area contributed by atoms with Crippen LogP contribution in [0.5, 0.6) is 0 Å². The fraction of sp³-hybridized carbons (Fsp3) is 0.250. The van der Waals surface area contributed by atoms with Crippen LogP contribution in [0, 0.1) is 0 Å². The molecule has 0 saturated carbocycles. The molecule has 0 aliphatic carbocycles. The summed E-state index contributed by atoms with van der Waals surface area (Å²) in [6, 6.07) is 9.98. The van der Waals surface area contributed by atoms with Crippen LogP contribution in [0.25, 0.3) is 11.3 Å². The van der Waals surface area contributed by atoms with E-state index in [9.17, 15) is 0 Å². The number of nitrogens with zero attached hydrogens (tertiary/aromatic N) is 4. The van der Waals surface area contributed by atoms with E-state index in [1.54, 1.807) is 6.20 Å². The van der Waals surface area contributed by atoms with Crippen LogP contribution in [0.2, 0.25) is 5.02 Å². The molecule has 112 valence electrons. The van der Waals surface area contributed by atoms with Gasteiger partial charge in [-0.3, -0.25) is 9.58 Å². The third-order valence-electron chi connectivity index (χ3n) is 3.88. The zero-order valence-corrected chi connectivity index (χ0v) is 12.6. The van der Waals surface area contributed by atoms with Crippen molar-refractivity contribution in [2.24, 2.45) is 0 Å². The molecule has 5 nitrogen and oxygen atoms in total. The van der Waals surface area contributed by atoms with Gasteiger partial charge in [0, 0.05) is 36.1 Å². The monoisotopic (exact) mass is 314 g/mol. The van der Waals surface area contributed by atoms with Gasteiger partial charge < -0.3 is 4.42 Å². The van der Waals surface area contributed by atoms with E-state index in [-0.39, 0.29) is 0 Å². The van der Waals surface area contributed by atoms with Crippen molar-refractivity contribution in [3.63, 3.8) is 0 Å². The maximum Gasteiger partial charge on any atom is 0.209 e. The topological polar surface area (TPSA) is 47.1 Å². The summed E-state index contributed by atoms with van der Waals surface area (Å²) in [4.78, 5) is 6.66. The van der Waals surface area contributed by atoms with Gasteiger partial charge in [0.2, 0.25) is 5.89 Å². The number of rotatable bonds is 4. The predicted molar refractivity (Wildman–Crippen MR) is 83.5 cm³/mol. The first-order valence-corrected chi connectivity index (χ1v) is 7.58. The highest BCUT2D eigenvalue weighted by molar-refractivity contribution is 6.30. The summed E-state index contributed by atoms with van der Waals surface area (Å²) in [6.45, 7) is 2.67. The molecule has 3 heterocycles.